The fraction of sp³-hybridized carbons (Fsp3) is 0.667. The maximum Gasteiger partial charge on any atom is 0.338 e. The number of nitrogens with one attached hydrogen (secondary N) is 2. The second kappa shape index (κ2) is 7.96. The SMILES string of the molecule is CCOC(=O)C1=C(COC(=O)[C@H]2CCCO2)NC(=O)N[C@@H]1CC. The summed E-state index contributed by atoms with van der Waals surface area (Å²) in [5.41, 5.74) is 0.541. The van der Waals surface area contributed by atoms with Gasteiger partial charge in [-0.2, -0.15) is 0 Å². The van der Waals surface area contributed by atoms with Gasteiger partial charge in [0.05, 0.1) is 23.9 Å². The molecule has 2 atom stereocenters. The van der Waals surface area contributed by atoms with Crippen molar-refractivity contribution in [3.05, 3.63) is 11.3 Å². The molecule has 128 valence electrons. The second-order valence-corrected chi connectivity index (χ2v) is 5.28. The summed E-state index contributed by atoms with van der Waals surface area (Å²) in [5, 5.41) is 5.18. The van der Waals surface area contributed by atoms with Crippen molar-refractivity contribution in [2.24, 2.45) is 0 Å². The Hall–Kier alpha value is -2.09. The predicted molar refractivity (Wildman–Crippen MR) is 79.3 cm³/mol. The molecule has 2 N–H and O–H groups in total. The molecular formula is C15H22N2O6. The van der Waals surface area contributed by atoms with E-state index in [1.54, 1.807) is 6.92 Å². The third-order valence-corrected chi connectivity index (χ3v) is 3.70. The molecule has 0 aromatic heterocycles. The first-order valence-corrected chi connectivity index (χ1v) is 7.82. The van der Waals surface area contributed by atoms with Crippen molar-refractivity contribution in [1.82, 2.24) is 10.6 Å². The lowest BCUT2D eigenvalue weighted by Gasteiger charge is -2.28. The minimum absolute atomic E-state index is 0.198. The molecule has 0 aromatic rings. The summed E-state index contributed by atoms with van der Waals surface area (Å²) in [6.45, 7) is 4.10. The summed E-state index contributed by atoms with van der Waals surface area (Å²) >= 11 is 0. The van der Waals surface area contributed by atoms with E-state index in [9.17, 15) is 14.4 Å². The standard InChI is InChI=1S/C15H22N2O6/c1-3-9-12(14(19)21-4-2)10(17-15(20)16-9)8-23-13(18)11-6-5-7-22-11/h9,11H,3-8H2,1-2H3,(H2,16,17,20)/t9-,11-/m1/s1. The van der Waals surface area contributed by atoms with Crippen LogP contribution in [0.15, 0.2) is 11.3 Å². The Balaban J connectivity index is 2.12. The van der Waals surface area contributed by atoms with Crippen molar-refractivity contribution in [2.75, 3.05) is 19.8 Å². The number of esters is 2. The largest absolute Gasteiger partial charge is 0.463 e. The number of urea groups is 1. The van der Waals surface area contributed by atoms with Crippen molar-refractivity contribution >= 4 is 18.0 Å². The molecule has 2 amide bonds. The Morgan fingerprint density at radius 3 is 2.70 bits per heavy atom. The number of hydrogen-bond acceptors (Lipinski definition) is 6. The first kappa shape index (κ1) is 17.3. The number of ether oxygens (including phenoxy) is 3. The highest BCUT2D eigenvalue weighted by Gasteiger charge is 2.33. The van der Waals surface area contributed by atoms with Crippen molar-refractivity contribution in [2.45, 2.75) is 45.3 Å². The summed E-state index contributed by atoms with van der Waals surface area (Å²) in [6, 6.07) is -0.910. The summed E-state index contributed by atoms with van der Waals surface area (Å²) in [7, 11) is 0. The van der Waals surface area contributed by atoms with Gasteiger partial charge in [0.25, 0.3) is 0 Å². The molecule has 2 rings (SSSR count). The van der Waals surface area contributed by atoms with Gasteiger partial charge >= 0.3 is 18.0 Å². The molecule has 1 saturated heterocycles. The van der Waals surface area contributed by atoms with Crippen LogP contribution < -0.4 is 10.6 Å². The molecule has 2 aliphatic heterocycles. The number of amides is 2. The fourth-order valence-corrected chi connectivity index (χ4v) is 2.58. The minimum Gasteiger partial charge on any atom is -0.463 e. The topological polar surface area (TPSA) is 103 Å². The zero-order chi connectivity index (χ0) is 16.8. The monoisotopic (exact) mass is 326 g/mol. The van der Waals surface area contributed by atoms with Gasteiger partial charge in [-0.3, -0.25) is 0 Å². The van der Waals surface area contributed by atoms with Crippen LogP contribution in [0.25, 0.3) is 0 Å². The molecule has 0 unspecified atom stereocenters. The first-order valence-electron chi connectivity index (χ1n) is 7.82. The molecule has 0 bridgehead atoms. The molecule has 1 fully saturated rings. The van der Waals surface area contributed by atoms with Crippen LogP contribution in [0.4, 0.5) is 4.79 Å². The van der Waals surface area contributed by atoms with Gasteiger partial charge < -0.3 is 24.8 Å². The Morgan fingerprint density at radius 2 is 2.09 bits per heavy atom. The number of hydrogen-bond donors (Lipinski definition) is 2. The normalized spacial score (nSPS) is 24.0. The van der Waals surface area contributed by atoms with Crippen LogP contribution in [-0.4, -0.2) is 49.9 Å². The van der Waals surface area contributed by atoms with E-state index in [4.69, 9.17) is 14.2 Å². The fourth-order valence-electron chi connectivity index (χ4n) is 2.58. The average Bonchev–Trinajstić information content (AvgIpc) is 3.06. The molecule has 0 radical (unpaired) electrons. The molecule has 2 heterocycles. The van der Waals surface area contributed by atoms with Gasteiger partial charge in [-0.05, 0) is 26.2 Å². The van der Waals surface area contributed by atoms with E-state index in [0.717, 1.165) is 6.42 Å². The quantitative estimate of drug-likeness (QED) is 0.694. The van der Waals surface area contributed by atoms with E-state index in [-0.39, 0.29) is 24.5 Å². The van der Waals surface area contributed by atoms with Gasteiger partial charge in [0, 0.05) is 6.61 Å². The van der Waals surface area contributed by atoms with Crippen molar-refractivity contribution in [1.29, 1.82) is 0 Å². The summed E-state index contributed by atoms with van der Waals surface area (Å²) in [5.74, 6) is -1.02. The highest BCUT2D eigenvalue weighted by atomic mass is 16.6. The lowest BCUT2D eigenvalue weighted by atomic mass is 10.0. The average molecular weight is 326 g/mol. The van der Waals surface area contributed by atoms with Crippen LogP contribution in [0.1, 0.15) is 33.1 Å². The van der Waals surface area contributed by atoms with Gasteiger partial charge in [0.15, 0.2) is 6.10 Å². The van der Waals surface area contributed by atoms with Crippen molar-refractivity contribution in [3.8, 4) is 0 Å². The van der Waals surface area contributed by atoms with Gasteiger partial charge in [-0.25, -0.2) is 14.4 Å². The van der Waals surface area contributed by atoms with Gasteiger partial charge in [-0.1, -0.05) is 6.92 Å². The Morgan fingerprint density at radius 1 is 1.30 bits per heavy atom. The molecule has 23 heavy (non-hydrogen) atoms. The summed E-state index contributed by atoms with van der Waals surface area (Å²) < 4.78 is 15.5. The third-order valence-electron chi connectivity index (χ3n) is 3.70. The van der Waals surface area contributed by atoms with Gasteiger partial charge in [0.1, 0.15) is 6.61 Å². The Kier molecular flexibility index (Phi) is 5.97. The minimum atomic E-state index is -0.568. The summed E-state index contributed by atoms with van der Waals surface area (Å²) in [6.07, 6.45) is 1.38. The van der Waals surface area contributed by atoms with Crippen molar-refractivity contribution in [3.63, 3.8) is 0 Å². The van der Waals surface area contributed by atoms with E-state index < -0.39 is 30.1 Å². The Bertz CT molecular complexity index is 510. The van der Waals surface area contributed by atoms with Crippen LogP contribution in [-0.2, 0) is 23.8 Å². The van der Waals surface area contributed by atoms with Crippen molar-refractivity contribution < 1.29 is 28.6 Å². The van der Waals surface area contributed by atoms with E-state index >= 15 is 0 Å². The highest BCUT2D eigenvalue weighted by molar-refractivity contribution is 5.94. The van der Waals surface area contributed by atoms with Crippen LogP contribution in [0.2, 0.25) is 0 Å². The van der Waals surface area contributed by atoms with Crippen LogP contribution >= 0.6 is 0 Å². The molecular weight excluding hydrogens is 304 g/mol. The smallest absolute Gasteiger partial charge is 0.338 e. The summed E-state index contributed by atoms with van der Waals surface area (Å²) in [4.78, 5) is 35.8. The number of rotatable bonds is 6. The Labute approximate surface area is 134 Å². The molecule has 2 aliphatic rings. The highest BCUT2D eigenvalue weighted by Crippen LogP contribution is 2.18. The van der Waals surface area contributed by atoms with E-state index in [2.05, 4.69) is 10.6 Å². The zero-order valence-electron chi connectivity index (χ0n) is 13.3. The maximum atomic E-state index is 12.1. The van der Waals surface area contributed by atoms with E-state index in [1.807, 2.05) is 6.92 Å². The second-order valence-electron chi connectivity index (χ2n) is 5.28. The molecule has 0 aromatic carbocycles. The first-order chi connectivity index (χ1) is 11.1. The molecule has 8 heteroatoms. The van der Waals surface area contributed by atoms with Crippen LogP contribution in [0.3, 0.4) is 0 Å². The lowest BCUT2D eigenvalue weighted by molar-refractivity contribution is -0.153. The number of carbonyl (C=O) groups is 3. The van der Waals surface area contributed by atoms with Crippen LogP contribution in [0, 0.1) is 0 Å². The van der Waals surface area contributed by atoms with E-state index in [1.165, 1.54) is 0 Å². The third kappa shape index (κ3) is 4.22. The number of carbonyl (C=O) groups excluding carboxylic acids is 3. The molecule has 0 spiro atoms. The van der Waals surface area contributed by atoms with Gasteiger partial charge in [0.2, 0.25) is 0 Å². The predicted octanol–water partition coefficient (Wildman–Crippen LogP) is 0.617. The maximum absolute atomic E-state index is 12.1. The lowest BCUT2D eigenvalue weighted by Crippen LogP contribution is -2.51. The molecule has 0 aliphatic carbocycles. The van der Waals surface area contributed by atoms with E-state index in [0.29, 0.717) is 19.4 Å². The molecule has 8 nitrogen and oxygen atoms in total. The van der Waals surface area contributed by atoms with Gasteiger partial charge in [-0.15, -0.1) is 0 Å². The van der Waals surface area contributed by atoms with Crippen LogP contribution in [0.5, 0.6) is 0 Å². The molecule has 0 saturated carbocycles. The zero-order valence-corrected chi connectivity index (χ0v) is 13.3.